The van der Waals surface area contributed by atoms with Crippen molar-refractivity contribution in [2.24, 2.45) is 5.73 Å². The molecule has 13 heavy (non-hydrogen) atoms. The van der Waals surface area contributed by atoms with E-state index in [0.717, 1.165) is 5.56 Å². The molecule has 2 nitrogen and oxygen atoms in total. The summed E-state index contributed by atoms with van der Waals surface area (Å²) in [6, 6.07) is 4.37. The summed E-state index contributed by atoms with van der Waals surface area (Å²) in [6.45, 7) is 4.33. The van der Waals surface area contributed by atoms with E-state index in [0.29, 0.717) is 12.2 Å². The number of hydrogen-bond donors (Lipinski definition) is 2. The summed E-state index contributed by atoms with van der Waals surface area (Å²) in [7, 11) is 0. The van der Waals surface area contributed by atoms with Crippen LogP contribution in [0.5, 0.6) is 0 Å². The van der Waals surface area contributed by atoms with Gasteiger partial charge in [0.05, 0.1) is 0 Å². The van der Waals surface area contributed by atoms with Gasteiger partial charge in [-0.1, -0.05) is 13.8 Å². The Labute approximate surface area is 77.7 Å². The Hall–Kier alpha value is -1.09. The molecule has 0 aliphatic rings. The van der Waals surface area contributed by atoms with Crippen LogP contribution < -0.4 is 11.5 Å². The highest BCUT2D eigenvalue weighted by atomic mass is 19.1. The lowest BCUT2D eigenvalue weighted by atomic mass is 9.84. The highest BCUT2D eigenvalue weighted by molar-refractivity contribution is 5.50. The van der Waals surface area contributed by atoms with Crippen molar-refractivity contribution in [3.05, 3.63) is 29.6 Å². The minimum Gasteiger partial charge on any atom is -0.398 e. The van der Waals surface area contributed by atoms with Gasteiger partial charge in [-0.3, -0.25) is 0 Å². The van der Waals surface area contributed by atoms with Gasteiger partial charge in [0.2, 0.25) is 0 Å². The van der Waals surface area contributed by atoms with E-state index in [1.54, 1.807) is 6.07 Å². The summed E-state index contributed by atoms with van der Waals surface area (Å²) in [5.41, 5.74) is 12.4. The summed E-state index contributed by atoms with van der Waals surface area (Å²) >= 11 is 0. The van der Waals surface area contributed by atoms with Gasteiger partial charge in [-0.2, -0.15) is 0 Å². The van der Waals surface area contributed by atoms with Crippen LogP contribution in [-0.4, -0.2) is 6.54 Å². The molecule has 1 aromatic rings. The molecule has 1 aromatic carbocycles. The van der Waals surface area contributed by atoms with Crippen LogP contribution in [0, 0.1) is 5.82 Å². The predicted molar refractivity (Wildman–Crippen MR) is 52.9 cm³/mol. The van der Waals surface area contributed by atoms with Crippen LogP contribution in [0.2, 0.25) is 0 Å². The molecule has 0 unspecified atom stereocenters. The lowest BCUT2D eigenvalue weighted by Crippen LogP contribution is -2.29. The van der Waals surface area contributed by atoms with Gasteiger partial charge in [-0.05, 0) is 23.8 Å². The molecule has 0 saturated heterocycles. The SMILES string of the molecule is CC(C)(CN)c1cc(F)ccc1N. The molecule has 0 aliphatic heterocycles. The van der Waals surface area contributed by atoms with Gasteiger partial charge in [0.25, 0.3) is 0 Å². The van der Waals surface area contributed by atoms with E-state index in [2.05, 4.69) is 0 Å². The molecule has 0 aromatic heterocycles. The zero-order valence-corrected chi connectivity index (χ0v) is 7.97. The van der Waals surface area contributed by atoms with Crippen LogP contribution in [0.1, 0.15) is 19.4 Å². The van der Waals surface area contributed by atoms with Crippen molar-refractivity contribution in [1.29, 1.82) is 0 Å². The van der Waals surface area contributed by atoms with E-state index >= 15 is 0 Å². The molecule has 4 N–H and O–H groups in total. The summed E-state index contributed by atoms with van der Waals surface area (Å²) < 4.78 is 12.9. The van der Waals surface area contributed by atoms with E-state index in [-0.39, 0.29) is 11.2 Å². The number of nitrogens with two attached hydrogens (primary N) is 2. The third kappa shape index (κ3) is 1.98. The molecule has 3 heteroatoms. The minimum atomic E-state index is -0.272. The Kier molecular flexibility index (Phi) is 2.57. The smallest absolute Gasteiger partial charge is 0.123 e. The molecule has 72 valence electrons. The van der Waals surface area contributed by atoms with Gasteiger partial charge in [0.1, 0.15) is 5.82 Å². The van der Waals surface area contributed by atoms with Crippen molar-refractivity contribution in [2.45, 2.75) is 19.3 Å². The van der Waals surface area contributed by atoms with Crippen LogP contribution in [0.25, 0.3) is 0 Å². The molecular weight excluding hydrogens is 167 g/mol. The number of nitrogen functional groups attached to an aromatic ring is 1. The summed E-state index contributed by atoms with van der Waals surface area (Å²) in [4.78, 5) is 0. The number of anilines is 1. The molecule has 0 fully saturated rings. The fraction of sp³-hybridized carbons (Fsp3) is 0.400. The average molecular weight is 182 g/mol. The zero-order valence-electron chi connectivity index (χ0n) is 7.97. The highest BCUT2D eigenvalue weighted by Crippen LogP contribution is 2.27. The predicted octanol–water partition coefficient (Wildman–Crippen LogP) is 1.64. The Morgan fingerprint density at radius 1 is 1.38 bits per heavy atom. The van der Waals surface area contributed by atoms with E-state index in [9.17, 15) is 4.39 Å². The lowest BCUT2D eigenvalue weighted by molar-refractivity contribution is 0.533. The topological polar surface area (TPSA) is 52.0 Å². The van der Waals surface area contributed by atoms with Crippen LogP contribution >= 0.6 is 0 Å². The summed E-state index contributed by atoms with van der Waals surface area (Å²) in [5, 5.41) is 0. The molecule has 0 saturated carbocycles. The fourth-order valence-electron chi connectivity index (χ4n) is 1.22. The van der Waals surface area contributed by atoms with Crippen molar-refractivity contribution in [2.75, 3.05) is 12.3 Å². The van der Waals surface area contributed by atoms with Crippen molar-refractivity contribution < 1.29 is 4.39 Å². The first-order chi connectivity index (χ1) is 5.97. The number of rotatable bonds is 2. The molecule has 0 spiro atoms. The molecule has 0 heterocycles. The first-order valence-electron chi connectivity index (χ1n) is 4.23. The van der Waals surface area contributed by atoms with E-state index in [4.69, 9.17) is 11.5 Å². The van der Waals surface area contributed by atoms with Crippen molar-refractivity contribution in [3.8, 4) is 0 Å². The van der Waals surface area contributed by atoms with Crippen LogP contribution in [0.4, 0.5) is 10.1 Å². The van der Waals surface area contributed by atoms with Gasteiger partial charge in [0.15, 0.2) is 0 Å². The van der Waals surface area contributed by atoms with Gasteiger partial charge in [-0.15, -0.1) is 0 Å². The fourth-order valence-corrected chi connectivity index (χ4v) is 1.22. The normalized spacial score (nSPS) is 11.7. The van der Waals surface area contributed by atoms with Crippen molar-refractivity contribution >= 4 is 5.69 Å². The molecule has 0 atom stereocenters. The molecule has 0 radical (unpaired) electrons. The third-order valence-electron chi connectivity index (χ3n) is 2.25. The second-order valence-corrected chi connectivity index (χ2v) is 3.82. The number of halogens is 1. The maximum Gasteiger partial charge on any atom is 0.123 e. The minimum absolute atomic E-state index is 0.272. The van der Waals surface area contributed by atoms with Gasteiger partial charge in [0, 0.05) is 17.6 Å². The second-order valence-electron chi connectivity index (χ2n) is 3.82. The largest absolute Gasteiger partial charge is 0.398 e. The molecule has 0 bridgehead atoms. The highest BCUT2D eigenvalue weighted by Gasteiger charge is 2.21. The Bertz CT molecular complexity index is 308. The van der Waals surface area contributed by atoms with E-state index in [1.165, 1.54) is 12.1 Å². The molecule has 1 rings (SSSR count). The van der Waals surface area contributed by atoms with Gasteiger partial charge < -0.3 is 11.5 Å². The Morgan fingerprint density at radius 3 is 2.54 bits per heavy atom. The van der Waals surface area contributed by atoms with Crippen molar-refractivity contribution in [1.82, 2.24) is 0 Å². The first kappa shape index (κ1) is 9.99. The van der Waals surface area contributed by atoms with Crippen LogP contribution in [0.15, 0.2) is 18.2 Å². The van der Waals surface area contributed by atoms with E-state index in [1.807, 2.05) is 13.8 Å². The standard InChI is InChI=1S/C10H15FN2/c1-10(2,6-12)8-5-7(11)3-4-9(8)13/h3-5H,6,12-13H2,1-2H3. The summed E-state index contributed by atoms with van der Waals surface area (Å²) in [5.74, 6) is -0.272. The summed E-state index contributed by atoms with van der Waals surface area (Å²) in [6.07, 6.45) is 0. The zero-order chi connectivity index (χ0) is 10.1. The maximum absolute atomic E-state index is 12.9. The lowest BCUT2D eigenvalue weighted by Gasteiger charge is -2.24. The average Bonchev–Trinajstić information content (AvgIpc) is 2.09. The van der Waals surface area contributed by atoms with E-state index < -0.39 is 0 Å². The third-order valence-corrected chi connectivity index (χ3v) is 2.25. The molecular formula is C10H15FN2. The van der Waals surface area contributed by atoms with Gasteiger partial charge in [-0.25, -0.2) is 4.39 Å². The molecule has 0 amide bonds. The van der Waals surface area contributed by atoms with Gasteiger partial charge >= 0.3 is 0 Å². The quantitative estimate of drug-likeness (QED) is 0.683. The first-order valence-corrected chi connectivity index (χ1v) is 4.23. The monoisotopic (exact) mass is 182 g/mol. The molecule has 0 aliphatic carbocycles. The number of benzene rings is 1. The van der Waals surface area contributed by atoms with Crippen molar-refractivity contribution in [3.63, 3.8) is 0 Å². The maximum atomic E-state index is 12.9. The number of hydrogen-bond acceptors (Lipinski definition) is 2. The second kappa shape index (κ2) is 3.34. The Morgan fingerprint density at radius 2 is 2.00 bits per heavy atom. The van der Waals surface area contributed by atoms with Crippen LogP contribution in [0.3, 0.4) is 0 Å². The Balaban J connectivity index is 3.20. The van der Waals surface area contributed by atoms with Crippen LogP contribution in [-0.2, 0) is 5.41 Å².